The molecule has 6 nitrogen and oxygen atoms in total. The lowest BCUT2D eigenvalue weighted by molar-refractivity contribution is -0.140. The number of aliphatic hydroxyl groups is 1. The van der Waals surface area contributed by atoms with Crippen LogP contribution in [0, 0.1) is 6.92 Å². The molecule has 0 spiro atoms. The molecule has 1 saturated heterocycles. The third-order valence-corrected chi connectivity index (χ3v) is 5.81. The Balaban J connectivity index is 1.62. The standard InChI is InChI=1S/C28H27NO5/c1-19-7-6-8-20(17-19)18-34-23-13-11-22(12-14-23)26(30)24-25(21-9-4-3-5-10-21)29(15-16-33-2)28(32)27(24)31/h3-14,17,25,30H,15-16,18H2,1-2H3/b26-24-. The second-order valence-electron chi connectivity index (χ2n) is 8.20. The number of rotatable bonds is 8. The molecule has 1 atom stereocenters. The Bertz CT molecular complexity index is 1200. The van der Waals surface area contributed by atoms with Gasteiger partial charge in [-0.3, -0.25) is 9.59 Å². The highest BCUT2D eigenvalue weighted by molar-refractivity contribution is 6.46. The number of aryl methyl sites for hydroxylation is 1. The number of hydrogen-bond donors (Lipinski definition) is 1. The summed E-state index contributed by atoms with van der Waals surface area (Å²) in [5.41, 5.74) is 3.48. The van der Waals surface area contributed by atoms with E-state index in [1.165, 1.54) is 12.0 Å². The Morgan fingerprint density at radius 3 is 2.38 bits per heavy atom. The van der Waals surface area contributed by atoms with Crippen LogP contribution in [0.2, 0.25) is 0 Å². The van der Waals surface area contributed by atoms with E-state index in [2.05, 4.69) is 6.07 Å². The zero-order valence-corrected chi connectivity index (χ0v) is 19.2. The molecule has 6 heteroatoms. The predicted octanol–water partition coefficient (Wildman–Crippen LogP) is 4.64. The fraction of sp³-hybridized carbons (Fsp3) is 0.214. The summed E-state index contributed by atoms with van der Waals surface area (Å²) >= 11 is 0. The molecule has 0 radical (unpaired) electrons. The number of carbonyl (C=O) groups is 2. The van der Waals surface area contributed by atoms with Gasteiger partial charge in [-0.15, -0.1) is 0 Å². The van der Waals surface area contributed by atoms with Crippen molar-refractivity contribution in [2.24, 2.45) is 0 Å². The first-order valence-electron chi connectivity index (χ1n) is 11.1. The van der Waals surface area contributed by atoms with Crippen molar-refractivity contribution < 1.29 is 24.2 Å². The van der Waals surface area contributed by atoms with Crippen LogP contribution in [0.1, 0.15) is 28.3 Å². The number of amides is 1. The van der Waals surface area contributed by atoms with Crippen molar-refractivity contribution in [1.82, 2.24) is 4.90 Å². The fourth-order valence-corrected chi connectivity index (χ4v) is 4.12. The van der Waals surface area contributed by atoms with Gasteiger partial charge in [-0.2, -0.15) is 0 Å². The number of Topliss-reactive ketones (excluding diaryl/α,β-unsaturated/α-hetero) is 1. The van der Waals surface area contributed by atoms with Gasteiger partial charge in [-0.05, 0) is 42.3 Å². The number of carbonyl (C=O) groups excluding carboxylic acids is 2. The van der Waals surface area contributed by atoms with Crippen LogP contribution in [0.5, 0.6) is 5.75 Å². The zero-order chi connectivity index (χ0) is 24.1. The minimum atomic E-state index is -0.706. The molecule has 1 amide bonds. The quantitative estimate of drug-likeness (QED) is 0.303. The van der Waals surface area contributed by atoms with Gasteiger partial charge in [0.1, 0.15) is 18.1 Å². The first-order valence-corrected chi connectivity index (χ1v) is 11.1. The van der Waals surface area contributed by atoms with Crippen LogP contribution in [0.3, 0.4) is 0 Å². The van der Waals surface area contributed by atoms with Crippen molar-refractivity contribution in [3.8, 4) is 5.75 Å². The van der Waals surface area contributed by atoms with Gasteiger partial charge in [0, 0.05) is 19.2 Å². The molecule has 1 unspecified atom stereocenters. The molecule has 1 fully saturated rings. The lowest BCUT2D eigenvalue weighted by atomic mass is 9.95. The van der Waals surface area contributed by atoms with Crippen molar-refractivity contribution in [2.45, 2.75) is 19.6 Å². The van der Waals surface area contributed by atoms with Crippen molar-refractivity contribution in [2.75, 3.05) is 20.3 Å². The molecular weight excluding hydrogens is 430 g/mol. The summed E-state index contributed by atoms with van der Waals surface area (Å²) in [7, 11) is 1.54. The van der Waals surface area contributed by atoms with Crippen molar-refractivity contribution in [3.63, 3.8) is 0 Å². The maximum absolute atomic E-state index is 13.0. The molecule has 3 aromatic carbocycles. The molecule has 1 aliphatic rings. The van der Waals surface area contributed by atoms with E-state index in [0.29, 0.717) is 17.9 Å². The number of likely N-dealkylation sites (tertiary alicyclic amines) is 1. The summed E-state index contributed by atoms with van der Waals surface area (Å²) in [6.07, 6.45) is 0. The largest absolute Gasteiger partial charge is 0.507 e. The topological polar surface area (TPSA) is 76.1 Å². The lowest BCUT2D eigenvalue weighted by Crippen LogP contribution is -2.32. The molecule has 174 valence electrons. The Labute approximate surface area is 199 Å². The number of nitrogens with zero attached hydrogens (tertiary/aromatic N) is 1. The number of ether oxygens (including phenoxy) is 2. The van der Waals surface area contributed by atoms with Crippen molar-refractivity contribution >= 4 is 17.4 Å². The summed E-state index contributed by atoms with van der Waals surface area (Å²) < 4.78 is 11.0. The average Bonchev–Trinajstić information content (AvgIpc) is 3.11. The van der Waals surface area contributed by atoms with E-state index >= 15 is 0 Å². The minimum Gasteiger partial charge on any atom is -0.507 e. The van der Waals surface area contributed by atoms with Gasteiger partial charge in [0.25, 0.3) is 11.7 Å². The number of hydrogen-bond acceptors (Lipinski definition) is 5. The normalized spacial score (nSPS) is 17.2. The molecular formula is C28H27NO5. The van der Waals surface area contributed by atoms with E-state index in [9.17, 15) is 14.7 Å². The van der Waals surface area contributed by atoms with Gasteiger partial charge in [-0.1, -0.05) is 60.2 Å². The van der Waals surface area contributed by atoms with E-state index in [4.69, 9.17) is 9.47 Å². The highest BCUT2D eigenvalue weighted by Crippen LogP contribution is 2.39. The average molecular weight is 458 g/mol. The van der Waals surface area contributed by atoms with Gasteiger partial charge < -0.3 is 19.5 Å². The number of aliphatic hydroxyl groups excluding tert-OH is 1. The van der Waals surface area contributed by atoms with E-state index in [-0.39, 0.29) is 24.5 Å². The van der Waals surface area contributed by atoms with Crippen LogP contribution in [-0.2, 0) is 20.9 Å². The first kappa shape index (κ1) is 23.3. The molecule has 0 aromatic heterocycles. The van der Waals surface area contributed by atoms with E-state index in [1.807, 2.05) is 55.5 Å². The molecule has 0 bridgehead atoms. The molecule has 4 rings (SSSR count). The SMILES string of the molecule is COCCN1C(=O)C(=O)/C(=C(\O)c2ccc(OCc3cccc(C)c3)cc2)C1c1ccccc1. The van der Waals surface area contributed by atoms with Crippen molar-refractivity contribution in [1.29, 1.82) is 0 Å². The van der Waals surface area contributed by atoms with Gasteiger partial charge >= 0.3 is 0 Å². The zero-order valence-electron chi connectivity index (χ0n) is 19.2. The van der Waals surface area contributed by atoms with Gasteiger partial charge in [0.15, 0.2) is 0 Å². The molecule has 0 aliphatic carbocycles. The van der Waals surface area contributed by atoms with Gasteiger partial charge in [-0.25, -0.2) is 0 Å². The van der Waals surface area contributed by atoms with Gasteiger partial charge in [0.2, 0.25) is 0 Å². The number of ketones is 1. The summed E-state index contributed by atoms with van der Waals surface area (Å²) in [6.45, 7) is 2.97. The van der Waals surface area contributed by atoms with E-state index in [0.717, 1.165) is 16.7 Å². The molecule has 1 N–H and O–H groups in total. The van der Waals surface area contributed by atoms with E-state index < -0.39 is 17.7 Å². The lowest BCUT2D eigenvalue weighted by Gasteiger charge is -2.25. The fourth-order valence-electron chi connectivity index (χ4n) is 4.12. The van der Waals surface area contributed by atoms with Crippen LogP contribution >= 0.6 is 0 Å². The summed E-state index contributed by atoms with van der Waals surface area (Å²) in [6, 6.07) is 23.5. The number of methoxy groups -OCH3 is 1. The second kappa shape index (κ2) is 10.4. The maximum Gasteiger partial charge on any atom is 0.295 e. The van der Waals surface area contributed by atoms with Crippen LogP contribution in [0.4, 0.5) is 0 Å². The van der Waals surface area contributed by atoms with Gasteiger partial charge in [0.05, 0.1) is 18.2 Å². The van der Waals surface area contributed by atoms with Crippen LogP contribution < -0.4 is 4.74 Å². The highest BCUT2D eigenvalue weighted by Gasteiger charge is 2.45. The smallest absolute Gasteiger partial charge is 0.295 e. The third kappa shape index (κ3) is 4.87. The molecule has 0 saturated carbocycles. The molecule has 3 aromatic rings. The summed E-state index contributed by atoms with van der Waals surface area (Å²) in [5, 5.41) is 11.1. The highest BCUT2D eigenvalue weighted by atomic mass is 16.5. The first-order chi connectivity index (χ1) is 16.5. The van der Waals surface area contributed by atoms with Crippen molar-refractivity contribution in [3.05, 3.63) is 107 Å². The molecule has 1 aliphatic heterocycles. The Kier molecular flexibility index (Phi) is 7.09. The van der Waals surface area contributed by atoms with Crippen LogP contribution in [-0.4, -0.2) is 42.0 Å². The predicted molar refractivity (Wildman–Crippen MR) is 129 cm³/mol. The number of benzene rings is 3. The van der Waals surface area contributed by atoms with Crippen LogP contribution in [0.15, 0.2) is 84.4 Å². The monoisotopic (exact) mass is 457 g/mol. The molecule has 1 heterocycles. The Morgan fingerprint density at radius 2 is 1.71 bits per heavy atom. The minimum absolute atomic E-state index is 0.0701. The Morgan fingerprint density at radius 1 is 0.971 bits per heavy atom. The van der Waals surface area contributed by atoms with Crippen LogP contribution in [0.25, 0.3) is 5.76 Å². The summed E-state index contributed by atoms with van der Waals surface area (Å²) in [4.78, 5) is 27.2. The van der Waals surface area contributed by atoms with E-state index in [1.54, 1.807) is 24.3 Å². The maximum atomic E-state index is 13.0. The third-order valence-electron chi connectivity index (χ3n) is 5.81. The Hall–Kier alpha value is -3.90. The second-order valence-corrected chi connectivity index (χ2v) is 8.20. The summed E-state index contributed by atoms with van der Waals surface area (Å²) in [5.74, 6) is -0.927. The molecule has 34 heavy (non-hydrogen) atoms.